The van der Waals surface area contributed by atoms with E-state index in [0.29, 0.717) is 33.2 Å². The molecule has 4 fully saturated rings. The first-order chi connectivity index (χ1) is 15.7. The second kappa shape index (κ2) is 7.85. The molecule has 0 saturated heterocycles. The largest absolute Gasteiger partial charge is 0.378 e. The number of allylic oxidation sites excluding steroid dienone is 2. The Balaban J connectivity index is 1.51. The molecule has 1 heteroatoms. The van der Waals surface area contributed by atoms with Gasteiger partial charge in [-0.05, 0) is 121 Å². The molecule has 5 aliphatic carbocycles. The van der Waals surface area contributed by atoms with E-state index in [1.54, 1.807) is 0 Å². The van der Waals surface area contributed by atoms with Crippen molar-refractivity contribution in [2.75, 3.05) is 6.61 Å². The Kier molecular flexibility index (Phi) is 5.85. The first kappa shape index (κ1) is 25.4. The molecule has 34 heavy (non-hydrogen) atoms. The van der Waals surface area contributed by atoms with E-state index in [2.05, 4.69) is 68.4 Å². The smallest absolute Gasteiger partial charge is 0.0629 e. The van der Waals surface area contributed by atoms with Crippen LogP contribution in [-0.4, -0.2) is 12.7 Å². The molecule has 0 amide bonds. The lowest BCUT2D eigenvalue weighted by molar-refractivity contribution is -0.211. The number of fused-ring (bicyclic) bond motifs is 7. The number of rotatable bonds is 3. The molecule has 8 atom stereocenters. The number of hydrogen-bond donors (Lipinski definition) is 0. The Hall–Kier alpha value is -0.300. The van der Waals surface area contributed by atoms with Crippen molar-refractivity contribution in [1.82, 2.24) is 0 Å². The van der Waals surface area contributed by atoms with Crippen LogP contribution in [0.1, 0.15) is 133 Å². The molecule has 0 heterocycles. The van der Waals surface area contributed by atoms with Gasteiger partial charge in [-0.15, -0.1) is 0 Å². The lowest BCUT2D eigenvalue weighted by Gasteiger charge is -2.71. The molecule has 194 valence electrons. The number of ether oxygens (including phenoxy) is 1. The fourth-order valence-corrected chi connectivity index (χ4v) is 11.1. The van der Waals surface area contributed by atoms with Crippen LogP contribution < -0.4 is 0 Å². The van der Waals surface area contributed by atoms with Crippen molar-refractivity contribution in [1.29, 1.82) is 0 Å². The average Bonchev–Trinajstić information content (AvgIpc) is 2.74. The Morgan fingerprint density at radius 1 is 0.824 bits per heavy atom. The minimum absolute atomic E-state index is 0.285. The highest BCUT2D eigenvalue weighted by Gasteiger charge is 2.67. The summed E-state index contributed by atoms with van der Waals surface area (Å²) < 4.78 is 6.49. The molecule has 5 aliphatic rings. The topological polar surface area (TPSA) is 9.23 Å². The monoisotopic (exact) mass is 468 g/mol. The van der Waals surface area contributed by atoms with Gasteiger partial charge in [0.2, 0.25) is 0 Å². The lowest BCUT2D eigenvalue weighted by Crippen LogP contribution is -2.64. The maximum absolute atomic E-state index is 6.49. The SMILES string of the molecule is CCCO[C@H]1CC[C@]2(C)[C@H]3CC=C4[C@H]5CC(C)(C)CC[C@]5(C)CC[C@@]4(C)[C@]3(C)CC[C@H]2C1(C)C. The summed E-state index contributed by atoms with van der Waals surface area (Å²) in [5, 5.41) is 0. The van der Waals surface area contributed by atoms with Gasteiger partial charge in [0, 0.05) is 6.61 Å². The van der Waals surface area contributed by atoms with E-state index in [1.807, 2.05) is 5.57 Å². The summed E-state index contributed by atoms with van der Waals surface area (Å²) in [7, 11) is 0. The second-order valence-electron chi connectivity index (χ2n) is 16.1. The highest BCUT2D eigenvalue weighted by atomic mass is 16.5. The second-order valence-corrected chi connectivity index (χ2v) is 16.1. The van der Waals surface area contributed by atoms with Crippen molar-refractivity contribution in [3.8, 4) is 0 Å². The Labute approximate surface area is 212 Å². The van der Waals surface area contributed by atoms with E-state index in [1.165, 1.54) is 64.2 Å². The van der Waals surface area contributed by atoms with E-state index >= 15 is 0 Å². The quantitative estimate of drug-likeness (QED) is 0.375. The molecule has 0 aliphatic heterocycles. The van der Waals surface area contributed by atoms with E-state index in [4.69, 9.17) is 4.74 Å². The molecule has 0 radical (unpaired) electrons. The first-order valence-electron chi connectivity index (χ1n) is 15.1. The van der Waals surface area contributed by atoms with Crippen molar-refractivity contribution >= 4 is 0 Å². The van der Waals surface area contributed by atoms with E-state index in [0.717, 1.165) is 30.8 Å². The molecular weight excluding hydrogens is 412 g/mol. The van der Waals surface area contributed by atoms with Crippen LogP contribution in [0.2, 0.25) is 0 Å². The Bertz CT molecular complexity index is 835. The highest BCUT2D eigenvalue weighted by Crippen LogP contribution is 2.75. The molecule has 0 unspecified atom stereocenters. The van der Waals surface area contributed by atoms with Crippen molar-refractivity contribution in [2.45, 2.75) is 139 Å². The van der Waals surface area contributed by atoms with Gasteiger partial charge in [-0.3, -0.25) is 0 Å². The van der Waals surface area contributed by atoms with Crippen molar-refractivity contribution in [2.24, 2.45) is 50.2 Å². The molecule has 1 nitrogen and oxygen atoms in total. The molecule has 0 spiro atoms. The molecule has 4 saturated carbocycles. The van der Waals surface area contributed by atoms with Gasteiger partial charge in [0.15, 0.2) is 0 Å². The summed E-state index contributed by atoms with van der Waals surface area (Å²) >= 11 is 0. The van der Waals surface area contributed by atoms with Crippen molar-refractivity contribution < 1.29 is 4.74 Å². The summed E-state index contributed by atoms with van der Waals surface area (Å²) in [5.74, 6) is 2.42. The maximum atomic E-state index is 6.49. The predicted octanol–water partition coefficient (Wildman–Crippen LogP) is 9.60. The predicted molar refractivity (Wildman–Crippen MR) is 145 cm³/mol. The zero-order valence-electron chi connectivity index (χ0n) is 24.3. The van der Waals surface area contributed by atoms with Crippen LogP contribution in [0, 0.1) is 50.2 Å². The summed E-state index contributed by atoms with van der Waals surface area (Å²) in [5.41, 5.74) is 4.52. The van der Waals surface area contributed by atoms with Crippen molar-refractivity contribution in [3.05, 3.63) is 11.6 Å². The van der Waals surface area contributed by atoms with E-state index < -0.39 is 0 Å². The van der Waals surface area contributed by atoms with Gasteiger partial charge in [0.25, 0.3) is 0 Å². The minimum Gasteiger partial charge on any atom is -0.378 e. The van der Waals surface area contributed by atoms with E-state index in [-0.39, 0.29) is 5.41 Å². The van der Waals surface area contributed by atoms with Crippen LogP contribution in [0.5, 0.6) is 0 Å². The average molecular weight is 469 g/mol. The van der Waals surface area contributed by atoms with Gasteiger partial charge in [-0.2, -0.15) is 0 Å². The fourth-order valence-electron chi connectivity index (χ4n) is 11.1. The summed E-state index contributed by atoms with van der Waals surface area (Å²) in [6.45, 7) is 24.2. The summed E-state index contributed by atoms with van der Waals surface area (Å²) in [6.07, 6.45) is 18.3. The third kappa shape index (κ3) is 3.33. The Morgan fingerprint density at radius 3 is 2.24 bits per heavy atom. The third-order valence-corrected chi connectivity index (χ3v) is 13.5. The van der Waals surface area contributed by atoms with Crippen LogP contribution in [0.4, 0.5) is 0 Å². The molecule has 0 aromatic heterocycles. The summed E-state index contributed by atoms with van der Waals surface area (Å²) in [4.78, 5) is 0. The van der Waals surface area contributed by atoms with Gasteiger partial charge in [-0.25, -0.2) is 0 Å². The summed E-state index contributed by atoms with van der Waals surface area (Å²) in [6, 6.07) is 0. The van der Waals surface area contributed by atoms with Crippen molar-refractivity contribution in [3.63, 3.8) is 0 Å². The van der Waals surface area contributed by atoms with Gasteiger partial charge >= 0.3 is 0 Å². The first-order valence-corrected chi connectivity index (χ1v) is 15.1. The van der Waals surface area contributed by atoms with Crippen LogP contribution in [0.25, 0.3) is 0 Å². The minimum atomic E-state index is 0.285. The van der Waals surface area contributed by atoms with Gasteiger partial charge in [0.1, 0.15) is 0 Å². The standard InChI is InChI=1S/C33H56O/c1-10-21-34-27-14-15-31(7)25(29(27,4)5)13-16-33(9)26(31)12-11-23-24-22-28(2,3)17-18-30(24,6)19-20-32(23,33)8/h11,24-27H,10,12-22H2,1-9H3/t24-,25+,26-,27+,30-,31+,32-,33-/m1/s1. The molecule has 0 bridgehead atoms. The van der Waals surface area contributed by atoms with Crippen LogP contribution >= 0.6 is 0 Å². The zero-order valence-corrected chi connectivity index (χ0v) is 24.3. The molecule has 0 aromatic carbocycles. The maximum Gasteiger partial charge on any atom is 0.0629 e. The van der Waals surface area contributed by atoms with Gasteiger partial charge in [-0.1, -0.05) is 74.0 Å². The molecule has 5 rings (SSSR count). The zero-order chi connectivity index (χ0) is 24.8. The molecule has 0 N–H and O–H groups in total. The van der Waals surface area contributed by atoms with Crippen LogP contribution in [0.3, 0.4) is 0 Å². The van der Waals surface area contributed by atoms with E-state index in [9.17, 15) is 0 Å². The van der Waals surface area contributed by atoms with Gasteiger partial charge < -0.3 is 4.74 Å². The van der Waals surface area contributed by atoms with Crippen LogP contribution in [0.15, 0.2) is 11.6 Å². The van der Waals surface area contributed by atoms with Gasteiger partial charge in [0.05, 0.1) is 6.10 Å². The normalized spacial score (nSPS) is 51.4. The molecule has 0 aromatic rings. The van der Waals surface area contributed by atoms with Crippen LogP contribution in [-0.2, 0) is 4.74 Å². The third-order valence-electron chi connectivity index (χ3n) is 13.5. The fraction of sp³-hybridized carbons (Fsp3) is 0.939. The number of hydrogen-bond acceptors (Lipinski definition) is 1. The molecular formula is C33H56O. The Morgan fingerprint density at radius 2 is 1.53 bits per heavy atom. The lowest BCUT2D eigenvalue weighted by atomic mass is 9.33. The highest BCUT2D eigenvalue weighted by molar-refractivity contribution is 5.33.